The number of nitrogens with two attached hydrogens (primary N) is 1. The van der Waals surface area contributed by atoms with E-state index in [-0.39, 0.29) is 11.3 Å². The molecule has 21 heavy (non-hydrogen) atoms. The van der Waals surface area contributed by atoms with Crippen LogP contribution in [0.5, 0.6) is 0 Å². The smallest absolute Gasteiger partial charge is 0.222 e. The Morgan fingerprint density at radius 2 is 1.95 bits per heavy atom. The van der Waals surface area contributed by atoms with E-state index in [2.05, 4.69) is 13.8 Å². The molecule has 118 valence electrons. The molecule has 0 aromatic heterocycles. The molecule has 0 saturated heterocycles. The van der Waals surface area contributed by atoms with Gasteiger partial charge in [0, 0.05) is 20.0 Å². The van der Waals surface area contributed by atoms with E-state index >= 15 is 0 Å². The van der Waals surface area contributed by atoms with Crippen LogP contribution in [-0.4, -0.2) is 24.4 Å². The first-order chi connectivity index (χ1) is 9.76. The third-order valence-electron chi connectivity index (χ3n) is 3.70. The van der Waals surface area contributed by atoms with Crippen LogP contribution < -0.4 is 5.73 Å². The van der Waals surface area contributed by atoms with E-state index in [1.807, 2.05) is 12.1 Å². The highest BCUT2D eigenvalue weighted by Crippen LogP contribution is 2.28. The first kappa shape index (κ1) is 18.3. The molecule has 1 rings (SSSR count). The topological polar surface area (TPSA) is 46.3 Å². The largest absolute Gasteiger partial charge is 0.341 e. The number of benzene rings is 1. The van der Waals surface area contributed by atoms with E-state index in [4.69, 9.17) is 28.9 Å². The molecular weight excluding hydrogens is 307 g/mol. The molecule has 0 aliphatic carbocycles. The third kappa shape index (κ3) is 5.85. The zero-order valence-corrected chi connectivity index (χ0v) is 14.5. The first-order valence-electron chi connectivity index (χ1n) is 7.14. The van der Waals surface area contributed by atoms with Gasteiger partial charge in [-0.1, -0.05) is 49.2 Å². The van der Waals surface area contributed by atoms with Gasteiger partial charge in [0.1, 0.15) is 0 Å². The number of amides is 1. The molecule has 0 atom stereocenters. The molecule has 5 heteroatoms. The van der Waals surface area contributed by atoms with E-state index in [0.29, 0.717) is 29.6 Å². The Morgan fingerprint density at radius 3 is 2.57 bits per heavy atom. The predicted molar refractivity (Wildman–Crippen MR) is 89.6 cm³/mol. The van der Waals surface area contributed by atoms with Crippen LogP contribution >= 0.6 is 23.2 Å². The Bertz CT molecular complexity index is 489. The second-order valence-corrected chi connectivity index (χ2v) is 6.95. The van der Waals surface area contributed by atoms with Gasteiger partial charge in [-0.3, -0.25) is 4.79 Å². The zero-order valence-electron chi connectivity index (χ0n) is 13.0. The summed E-state index contributed by atoms with van der Waals surface area (Å²) in [5, 5.41) is 1.03. The van der Waals surface area contributed by atoms with Crippen molar-refractivity contribution in [2.75, 3.05) is 13.6 Å². The first-order valence-corrected chi connectivity index (χ1v) is 7.89. The molecule has 0 heterocycles. The summed E-state index contributed by atoms with van der Waals surface area (Å²) in [5.41, 5.74) is 6.55. The predicted octanol–water partition coefficient (Wildman–Crippen LogP) is 4.11. The lowest BCUT2D eigenvalue weighted by atomic mass is 9.84. The van der Waals surface area contributed by atoms with E-state index in [0.717, 1.165) is 18.4 Å². The Labute approximate surface area is 137 Å². The average Bonchev–Trinajstić information content (AvgIpc) is 2.41. The number of hydrogen-bond acceptors (Lipinski definition) is 2. The normalized spacial score (nSPS) is 11.5. The number of hydrogen-bond donors (Lipinski definition) is 1. The zero-order chi connectivity index (χ0) is 16.0. The highest BCUT2D eigenvalue weighted by Gasteiger charge is 2.20. The van der Waals surface area contributed by atoms with Crippen molar-refractivity contribution in [1.82, 2.24) is 4.90 Å². The lowest BCUT2D eigenvalue weighted by Crippen LogP contribution is -2.28. The lowest BCUT2D eigenvalue weighted by molar-refractivity contribution is -0.131. The number of nitrogens with zero attached hydrogens (tertiary/aromatic N) is 1. The molecule has 0 spiro atoms. The molecule has 3 nitrogen and oxygen atoms in total. The fraction of sp³-hybridized carbons (Fsp3) is 0.562. The maximum absolute atomic E-state index is 12.2. The van der Waals surface area contributed by atoms with Crippen LogP contribution in [0.4, 0.5) is 0 Å². The second kappa shape index (κ2) is 8.02. The Morgan fingerprint density at radius 1 is 1.29 bits per heavy atom. The van der Waals surface area contributed by atoms with Crippen LogP contribution in [0.2, 0.25) is 10.0 Å². The number of carbonyl (C=O) groups is 1. The Hall–Kier alpha value is -0.770. The molecule has 0 aliphatic heterocycles. The summed E-state index contributed by atoms with van der Waals surface area (Å²) in [6.45, 7) is 5.40. The van der Waals surface area contributed by atoms with Gasteiger partial charge in [-0.15, -0.1) is 0 Å². The van der Waals surface area contributed by atoms with Gasteiger partial charge in [0.15, 0.2) is 0 Å². The quantitative estimate of drug-likeness (QED) is 0.817. The van der Waals surface area contributed by atoms with Crippen LogP contribution in [0.15, 0.2) is 18.2 Å². The SMILES string of the molecule is CN(Cc1cccc(Cl)c1Cl)C(=O)CCC(C)(C)CCN. The summed E-state index contributed by atoms with van der Waals surface area (Å²) >= 11 is 12.1. The molecule has 1 aromatic carbocycles. The van der Waals surface area contributed by atoms with Crippen LogP contribution in [0.1, 0.15) is 38.7 Å². The molecule has 1 amide bonds. The molecule has 0 unspecified atom stereocenters. The molecule has 0 aliphatic rings. The van der Waals surface area contributed by atoms with Crippen molar-refractivity contribution >= 4 is 29.1 Å². The van der Waals surface area contributed by atoms with Gasteiger partial charge < -0.3 is 10.6 Å². The van der Waals surface area contributed by atoms with Crippen molar-refractivity contribution in [3.63, 3.8) is 0 Å². The van der Waals surface area contributed by atoms with Crippen molar-refractivity contribution in [1.29, 1.82) is 0 Å². The van der Waals surface area contributed by atoms with Crippen molar-refractivity contribution in [3.05, 3.63) is 33.8 Å². The summed E-state index contributed by atoms with van der Waals surface area (Å²) in [6, 6.07) is 5.47. The van der Waals surface area contributed by atoms with Crippen molar-refractivity contribution in [2.45, 2.75) is 39.7 Å². The van der Waals surface area contributed by atoms with Gasteiger partial charge in [-0.25, -0.2) is 0 Å². The monoisotopic (exact) mass is 330 g/mol. The maximum atomic E-state index is 12.2. The summed E-state index contributed by atoms with van der Waals surface area (Å²) in [6.07, 6.45) is 2.27. The number of rotatable bonds is 7. The minimum absolute atomic E-state index is 0.0962. The van der Waals surface area contributed by atoms with Gasteiger partial charge in [0.05, 0.1) is 10.0 Å². The summed E-state index contributed by atoms with van der Waals surface area (Å²) in [4.78, 5) is 13.9. The van der Waals surface area contributed by atoms with E-state index in [1.54, 1.807) is 18.0 Å². The maximum Gasteiger partial charge on any atom is 0.222 e. The Balaban J connectivity index is 2.57. The molecule has 1 aromatic rings. The van der Waals surface area contributed by atoms with Crippen LogP contribution in [0.3, 0.4) is 0 Å². The fourth-order valence-corrected chi connectivity index (χ4v) is 2.55. The molecule has 0 fully saturated rings. The number of halogens is 2. The lowest BCUT2D eigenvalue weighted by Gasteiger charge is -2.25. The fourth-order valence-electron chi connectivity index (χ4n) is 2.17. The van der Waals surface area contributed by atoms with Gasteiger partial charge in [-0.05, 0) is 36.4 Å². The Kier molecular flexibility index (Phi) is 6.98. The molecule has 0 bridgehead atoms. The minimum atomic E-state index is 0.0962. The third-order valence-corrected chi connectivity index (χ3v) is 4.56. The average molecular weight is 331 g/mol. The van der Waals surface area contributed by atoms with Crippen LogP contribution in [-0.2, 0) is 11.3 Å². The summed E-state index contributed by atoms with van der Waals surface area (Å²) in [7, 11) is 1.79. The molecular formula is C16H24Cl2N2O. The van der Waals surface area contributed by atoms with Crippen LogP contribution in [0, 0.1) is 5.41 Å². The van der Waals surface area contributed by atoms with Gasteiger partial charge in [-0.2, -0.15) is 0 Å². The van der Waals surface area contributed by atoms with E-state index in [1.165, 1.54) is 0 Å². The van der Waals surface area contributed by atoms with Crippen molar-refractivity contribution in [2.24, 2.45) is 11.1 Å². The summed E-state index contributed by atoms with van der Waals surface area (Å²) < 4.78 is 0. The molecule has 2 N–H and O–H groups in total. The highest BCUT2D eigenvalue weighted by atomic mass is 35.5. The van der Waals surface area contributed by atoms with E-state index in [9.17, 15) is 4.79 Å². The van der Waals surface area contributed by atoms with Crippen LogP contribution in [0.25, 0.3) is 0 Å². The van der Waals surface area contributed by atoms with Gasteiger partial charge in [0.2, 0.25) is 5.91 Å². The van der Waals surface area contributed by atoms with Crippen molar-refractivity contribution < 1.29 is 4.79 Å². The minimum Gasteiger partial charge on any atom is -0.341 e. The van der Waals surface area contributed by atoms with Gasteiger partial charge in [0.25, 0.3) is 0 Å². The number of carbonyl (C=O) groups excluding carboxylic acids is 1. The molecule has 0 radical (unpaired) electrons. The highest BCUT2D eigenvalue weighted by molar-refractivity contribution is 6.42. The standard InChI is InChI=1S/C16H24Cl2N2O/c1-16(2,9-10-19)8-7-14(21)20(3)11-12-5-4-6-13(17)15(12)18/h4-6H,7-11,19H2,1-3H3. The van der Waals surface area contributed by atoms with Crippen molar-refractivity contribution in [3.8, 4) is 0 Å². The molecule has 0 saturated carbocycles. The summed E-state index contributed by atoms with van der Waals surface area (Å²) in [5.74, 6) is 0.108. The van der Waals surface area contributed by atoms with E-state index < -0.39 is 0 Å². The second-order valence-electron chi connectivity index (χ2n) is 6.17. The van der Waals surface area contributed by atoms with Gasteiger partial charge >= 0.3 is 0 Å².